The van der Waals surface area contributed by atoms with Crippen molar-refractivity contribution in [2.75, 3.05) is 19.6 Å². The monoisotopic (exact) mass is 298 g/mol. The van der Waals surface area contributed by atoms with Crippen LogP contribution >= 0.6 is 0 Å². The van der Waals surface area contributed by atoms with Gasteiger partial charge in [-0.25, -0.2) is 13.6 Å². The van der Waals surface area contributed by atoms with Crippen LogP contribution in [0.25, 0.3) is 0 Å². The van der Waals surface area contributed by atoms with Crippen LogP contribution in [0.1, 0.15) is 25.8 Å². The molecule has 0 amide bonds. The number of carbonyl (C=O) groups excluding carboxylic acids is 1. The zero-order valence-corrected chi connectivity index (χ0v) is 12.8. The molecular weight excluding hydrogens is 276 g/mol. The number of nitrogens with zero attached hydrogens (tertiary/aromatic N) is 1. The highest BCUT2D eigenvalue weighted by molar-refractivity contribution is 7.89. The number of nitrogens with two attached hydrogens (primary N) is 1. The van der Waals surface area contributed by atoms with Crippen LogP contribution in [0.2, 0.25) is 0 Å². The summed E-state index contributed by atoms with van der Waals surface area (Å²) in [5, 5.41) is 5.05. The van der Waals surface area contributed by atoms with Crippen molar-refractivity contribution >= 4 is 15.8 Å². The molecule has 20 heavy (non-hydrogen) atoms. The number of rotatable bonds is 8. The Morgan fingerprint density at radius 2 is 1.80 bits per heavy atom. The van der Waals surface area contributed by atoms with Gasteiger partial charge in [0, 0.05) is 13.0 Å². The molecule has 0 saturated heterocycles. The average molecular weight is 298 g/mol. The zero-order chi connectivity index (χ0) is 15.2. The first-order chi connectivity index (χ1) is 9.36. The SMILES string of the molecule is CCC(=O)CN(CC)CCc1ccc(S(N)(=O)=O)cc1. The van der Waals surface area contributed by atoms with E-state index in [2.05, 4.69) is 4.90 Å². The fourth-order valence-electron chi connectivity index (χ4n) is 1.84. The van der Waals surface area contributed by atoms with Crippen LogP contribution in [0.4, 0.5) is 0 Å². The predicted octanol–water partition coefficient (Wildman–Crippen LogP) is 1.18. The summed E-state index contributed by atoms with van der Waals surface area (Å²) >= 11 is 0. The summed E-state index contributed by atoms with van der Waals surface area (Å²) in [6.07, 6.45) is 1.33. The van der Waals surface area contributed by atoms with Crippen molar-refractivity contribution in [1.82, 2.24) is 4.90 Å². The van der Waals surface area contributed by atoms with Gasteiger partial charge in [0.05, 0.1) is 11.4 Å². The average Bonchev–Trinajstić information content (AvgIpc) is 2.42. The van der Waals surface area contributed by atoms with Crippen LogP contribution in [0.5, 0.6) is 0 Å². The molecule has 0 atom stereocenters. The highest BCUT2D eigenvalue weighted by Crippen LogP contribution is 2.09. The molecule has 0 heterocycles. The first-order valence-electron chi connectivity index (χ1n) is 6.72. The highest BCUT2D eigenvalue weighted by Gasteiger charge is 2.09. The summed E-state index contributed by atoms with van der Waals surface area (Å²) in [4.78, 5) is 13.6. The Bertz CT molecular complexity index is 538. The standard InChI is InChI=1S/C14H22N2O3S/c1-3-13(17)11-16(4-2)10-9-12-5-7-14(8-6-12)20(15,18)19/h5-8H,3-4,9-11H2,1-2H3,(H2,15,18,19). The molecule has 1 aromatic carbocycles. The number of primary sulfonamides is 1. The minimum Gasteiger partial charge on any atom is -0.298 e. The Labute approximate surface area is 120 Å². The number of hydrogen-bond acceptors (Lipinski definition) is 4. The third-order valence-electron chi connectivity index (χ3n) is 3.21. The molecular formula is C14H22N2O3S. The van der Waals surface area contributed by atoms with Gasteiger partial charge in [0.2, 0.25) is 10.0 Å². The minimum absolute atomic E-state index is 0.120. The normalized spacial score (nSPS) is 11.8. The number of Topliss-reactive ketones (excluding diaryl/α,β-unsaturated/α-hetero) is 1. The fraction of sp³-hybridized carbons (Fsp3) is 0.500. The van der Waals surface area contributed by atoms with Gasteiger partial charge in [-0.1, -0.05) is 26.0 Å². The van der Waals surface area contributed by atoms with E-state index in [4.69, 9.17) is 5.14 Å². The second-order valence-corrected chi connectivity index (χ2v) is 6.26. The van der Waals surface area contributed by atoms with Gasteiger partial charge in [0.15, 0.2) is 0 Å². The van der Waals surface area contributed by atoms with Gasteiger partial charge in [-0.15, -0.1) is 0 Å². The van der Waals surface area contributed by atoms with E-state index in [1.165, 1.54) is 12.1 Å². The Morgan fingerprint density at radius 1 is 1.20 bits per heavy atom. The molecule has 6 heteroatoms. The van der Waals surface area contributed by atoms with Crippen LogP contribution in [0.15, 0.2) is 29.2 Å². The molecule has 0 aliphatic rings. The van der Waals surface area contributed by atoms with Gasteiger partial charge in [-0.3, -0.25) is 9.69 Å². The molecule has 0 unspecified atom stereocenters. The smallest absolute Gasteiger partial charge is 0.238 e. The van der Waals surface area contributed by atoms with Crippen LogP contribution in [-0.4, -0.2) is 38.7 Å². The number of likely N-dealkylation sites (N-methyl/N-ethyl adjacent to an activating group) is 1. The van der Waals surface area contributed by atoms with E-state index in [1.807, 2.05) is 13.8 Å². The largest absolute Gasteiger partial charge is 0.298 e. The maximum absolute atomic E-state index is 11.4. The van der Waals surface area contributed by atoms with E-state index in [-0.39, 0.29) is 10.7 Å². The predicted molar refractivity (Wildman–Crippen MR) is 78.9 cm³/mol. The summed E-state index contributed by atoms with van der Waals surface area (Å²) in [5.41, 5.74) is 1.03. The number of hydrogen-bond donors (Lipinski definition) is 1. The Hall–Kier alpha value is -1.24. The van der Waals surface area contributed by atoms with E-state index in [0.29, 0.717) is 13.0 Å². The van der Waals surface area contributed by atoms with Gasteiger partial charge in [-0.05, 0) is 30.7 Å². The van der Waals surface area contributed by atoms with Crippen LogP contribution < -0.4 is 5.14 Å². The van der Waals surface area contributed by atoms with Gasteiger partial charge >= 0.3 is 0 Å². The maximum atomic E-state index is 11.4. The maximum Gasteiger partial charge on any atom is 0.238 e. The van der Waals surface area contributed by atoms with E-state index in [1.54, 1.807) is 12.1 Å². The van der Waals surface area contributed by atoms with E-state index in [0.717, 1.165) is 25.1 Å². The van der Waals surface area contributed by atoms with Crippen molar-refractivity contribution in [1.29, 1.82) is 0 Å². The molecule has 0 fully saturated rings. The van der Waals surface area contributed by atoms with Crippen LogP contribution in [-0.2, 0) is 21.2 Å². The first-order valence-corrected chi connectivity index (χ1v) is 8.27. The van der Waals surface area contributed by atoms with Crippen molar-refractivity contribution in [3.63, 3.8) is 0 Å². The summed E-state index contributed by atoms with van der Waals surface area (Å²) in [5.74, 6) is 0.233. The number of carbonyl (C=O) groups is 1. The molecule has 112 valence electrons. The topological polar surface area (TPSA) is 80.5 Å². The Kier molecular flexibility index (Phi) is 6.32. The van der Waals surface area contributed by atoms with Crippen LogP contribution in [0, 0.1) is 0 Å². The first kappa shape index (κ1) is 16.8. The molecule has 0 spiro atoms. The second kappa shape index (κ2) is 7.52. The number of ketones is 1. The van der Waals surface area contributed by atoms with Gasteiger partial charge in [0.1, 0.15) is 5.78 Å². The van der Waals surface area contributed by atoms with Gasteiger partial charge in [-0.2, -0.15) is 0 Å². The lowest BCUT2D eigenvalue weighted by Crippen LogP contribution is -2.31. The summed E-state index contributed by atoms with van der Waals surface area (Å²) < 4.78 is 22.3. The summed E-state index contributed by atoms with van der Waals surface area (Å²) in [6, 6.07) is 6.54. The molecule has 0 saturated carbocycles. The van der Waals surface area contributed by atoms with E-state index < -0.39 is 10.0 Å². The summed E-state index contributed by atoms with van der Waals surface area (Å²) in [7, 11) is -3.63. The van der Waals surface area contributed by atoms with Crippen molar-refractivity contribution in [3.05, 3.63) is 29.8 Å². The van der Waals surface area contributed by atoms with Crippen molar-refractivity contribution in [3.8, 4) is 0 Å². The van der Waals surface area contributed by atoms with Crippen LogP contribution in [0.3, 0.4) is 0 Å². The van der Waals surface area contributed by atoms with Gasteiger partial charge < -0.3 is 0 Å². The Morgan fingerprint density at radius 3 is 2.25 bits per heavy atom. The Balaban J connectivity index is 2.58. The lowest BCUT2D eigenvalue weighted by atomic mass is 10.1. The number of sulfonamides is 1. The molecule has 2 N–H and O–H groups in total. The fourth-order valence-corrected chi connectivity index (χ4v) is 2.36. The molecule has 1 rings (SSSR count). The molecule has 0 aliphatic heterocycles. The minimum atomic E-state index is -3.63. The van der Waals surface area contributed by atoms with Crippen molar-refractivity contribution < 1.29 is 13.2 Å². The van der Waals surface area contributed by atoms with Crippen molar-refractivity contribution in [2.24, 2.45) is 5.14 Å². The quantitative estimate of drug-likeness (QED) is 0.781. The third kappa shape index (κ3) is 5.40. The van der Waals surface area contributed by atoms with Crippen molar-refractivity contribution in [2.45, 2.75) is 31.6 Å². The van der Waals surface area contributed by atoms with E-state index >= 15 is 0 Å². The molecule has 0 aliphatic carbocycles. The molecule has 0 aromatic heterocycles. The number of benzene rings is 1. The van der Waals surface area contributed by atoms with E-state index in [9.17, 15) is 13.2 Å². The highest BCUT2D eigenvalue weighted by atomic mass is 32.2. The second-order valence-electron chi connectivity index (χ2n) is 4.70. The molecule has 5 nitrogen and oxygen atoms in total. The third-order valence-corrected chi connectivity index (χ3v) is 4.14. The lowest BCUT2D eigenvalue weighted by Gasteiger charge is -2.19. The molecule has 0 radical (unpaired) electrons. The molecule has 0 bridgehead atoms. The molecule has 1 aromatic rings. The zero-order valence-electron chi connectivity index (χ0n) is 12.0. The van der Waals surface area contributed by atoms with Gasteiger partial charge in [0.25, 0.3) is 0 Å². The summed E-state index contributed by atoms with van der Waals surface area (Å²) in [6.45, 7) is 5.95. The lowest BCUT2D eigenvalue weighted by molar-refractivity contribution is -0.119.